The third-order valence-corrected chi connectivity index (χ3v) is 5.43. The maximum atomic E-state index is 12.6. The zero-order valence-electron chi connectivity index (χ0n) is 16.4. The van der Waals surface area contributed by atoms with Crippen molar-refractivity contribution in [3.05, 3.63) is 71.9 Å². The second-order valence-electron chi connectivity index (χ2n) is 7.49. The minimum absolute atomic E-state index is 0.0349. The lowest BCUT2D eigenvalue weighted by molar-refractivity contribution is 0.0837. The quantitative estimate of drug-likeness (QED) is 0.679. The summed E-state index contributed by atoms with van der Waals surface area (Å²) in [6.07, 6.45) is 0.775. The molecule has 1 saturated heterocycles. The van der Waals surface area contributed by atoms with Crippen LogP contribution in [0.5, 0.6) is 0 Å². The Morgan fingerprint density at radius 3 is 2.52 bits per heavy atom. The van der Waals surface area contributed by atoms with Crippen molar-refractivity contribution in [2.24, 2.45) is 13.0 Å². The number of aromatic nitrogens is 1. The number of hydrogen-bond donors (Lipinski definition) is 2. The number of amides is 2. The first-order valence-electron chi connectivity index (χ1n) is 9.89. The zero-order chi connectivity index (χ0) is 20.2. The molecule has 6 heteroatoms. The van der Waals surface area contributed by atoms with Crippen molar-refractivity contribution in [2.45, 2.75) is 12.5 Å². The van der Waals surface area contributed by atoms with Crippen molar-refractivity contribution in [3.8, 4) is 0 Å². The van der Waals surface area contributed by atoms with Gasteiger partial charge in [-0.3, -0.25) is 9.59 Å². The van der Waals surface area contributed by atoms with Gasteiger partial charge < -0.3 is 19.9 Å². The number of carbonyl (C=O) groups is 2. The van der Waals surface area contributed by atoms with Gasteiger partial charge in [-0.1, -0.05) is 36.4 Å². The van der Waals surface area contributed by atoms with E-state index < -0.39 is 0 Å². The predicted octanol–water partition coefficient (Wildman–Crippen LogP) is 2.74. The minimum atomic E-state index is -0.104. The largest absolute Gasteiger partial charge is 0.376 e. The Balaban J connectivity index is 1.25. The van der Waals surface area contributed by atoms with Gasteiger partial charge in [-0.05, 0) is 30.7 Å². The van der Waals surface area contributed by atoms with Crippen LogP contribution in [0.15, 0.2) is 60.7 Å². The van der Waals surface area contributed by atoms with E-state index in [0.29, 0.717) is 31.0 Å². The first-order valence-corrected chi connectivity index (χ1v) is 9.89. The van der Waals surface area contributed by atoms with Crippen LogP contribution in [0.2, 0.25) is 0 Å². The molecule has 2 amide bonds. The highest BCUT2D eigenvalue weighted by Gasteiger charge is 2.26. The van der Waals surface area contributed by atoms with Crippen LogP contribution in [-0.4, -0.2) is 42.2 Å². The van der Waals surface area contributed by atoms with E-state index in [2.05, 4.69) is 10.6 Å². The summed E-state index contributed by atoms with van der Waals surface area (Å²) >= 11 is 0. The molecule has 2 aromatic carbocycles. The molecular formula is C23H25N3O3. The van der Waals surface area contributed by atoms with Gasteiger partial charge in [-0.15, -0.1) is 0 Å². The fraction of sp³-hybridized carbons (Fsp3) is 0.304. The number of nitrogens with one attached hydrogen (secondary N) is 2. The van der Waals surface area contributed by atoms with Crippen LogP contribution in [0.4, 0.5) is 0 Å². The van der Waals surface area contributed by atoms with Gasteiger partial charge >= 0.3 is 0 Å². The molecule has 2 N–H and O–H groups in total. The van der Waals surface area contributed by atoms with E-state index >= 15 is 0 Å². The van der Waals surface area contributed by atoms with Gasteiger partial charge in [0, 0.05) is 42.5 Å². The normalized spacial score (nSPS) is 18.7. The number of aryl methyl sites for hydroxylation is 1. The van der Waals surface area contributed by atoms with E-state index in [9.17, 15) is 9.59 Å². The molecule has 1 fully saturated rings. The average Bonchev–Trinajstić information content (AvgIpc) is 3.35. The molecule has 29 heavy (non-hydrogen) atoms. The molecule has 0 unspecified atom stereocenters. The van der Waals surface area contributed by atoms with Crippen LogP contribution in [0.1, 0.15) is 27.3 Å². The number of ether oxygens (including phenoxy) is 1. The summed E-state index contributed by atoms with van der Waals surface area (Å²) in [5.41, 5.74) is 2.32. The number of para-hydroxylation sites is 1. The SMILES string of the molecule is Cn1c(C(=O)NC[C@@H]2C[C@H](CNC(=O)c3ccccc3)CO2)cc2ccccc21. The standard InChI is InChI=1S/C23H25N3O3/c1-26-20-10-6-5-9-18(20)12-21(26)23(28)25-14-19-11-16(15-29-19)13-24-22(27)17-7-3-2-4-8-17/h2-10,12,16,19H,11,13-15H2,1H3,(H,24,27)(H,25,28)/t16-,19+/m1/s1. The highest BCUT2D eigenvalue weighted by molar-refractivity contribution is 5.98. The summed E-state index contributed by atoms with van der Waals surface area (Å²) in [6, 6.07) is 19.0. The number of rotatable bonds is 6. The van der Waals surface area contributed by atoms with E-state index in [1.807, 2.05) is 60.1 Å². The topological polar surface area (TPSA) is 72.4 Å². The van der Waals surface area contributed by atoms with E-state index in [1.165, 1.54) is 0 Å². The lowest BCUT2D eigenvalue weighted by Gasteiger charge is -2.12. The predicted molar refractivity (Wildman–Crippen MR) is 112 cm³/mol. The van der Waals surface area contributed by atoms with Gasteiger partial charge in [0.15, 0.2) is 0 Å². The Kier molecular flexibility index (Phi) is 5.62. The van der Waals surface area contributed by atoms with Gasteiger partial charge in [0.1, 0.15) is 5.69 Å². The van der Waals surface area contributed by atoms with Crippen LogP contribution < -0.4 is 10.6 Å². The van der Waals surface area contributed by atoms with Crippen LogP contribution >= 0.6 is 0 Å². The molecule has 0 spiro atoms. The Hall–Kier alpha value is -3.12. The van der Waals surface area contributed by atoms with Gasteiger partial charge in [-0.2, -0.15) is 0 Å². The molecule has 1 aliphatic rings. The van der Waals surface area contributed by atoms with E-state index in [1.54, 1.807) is 12.1 Å². The second-order valence-corrected chi connectivity index (χ2v) is 7.49. The Labute approximate surface area is 169 Å². The fourth-order valence-corrected chi connectivity index (χ4v) is 3.80. The van der Waals surface area contributed by atoms with Crippen LogP contribution in [0, 0.1) is 5.92 Å². The monoisotopic (exact) mass is 391 g/mol. The number of carbonyl (C=O) groups excluding carboxylic acids is 2. The molecule has 0 aliphatic carbocycles. The molecule has 4 rings (SSSR count). The van der Waals surface area contributed by atoms with Crippen molar-refractivity contribution in [1.29, 1.82) is 0 Å². The van der Waals surface area contributed by atoms with Crippen molar-refractivity contribution in [1.82, 2.24) is 15.2 Å². The maximum Gasteiger partial charge on any atom is 0.268 e. The first-order chi connectivity index (χ1) is 14.1. The smallest absolute Gasteiger partial charge is 0.268 e. The summed E-state index contributed by atoms with van der Waals surface area (Å²) in [7, 11) is 1.90. The number of benzene rings is 2. The highest BCUT2D eigenvalue weighted by atomic mass is 16.5. The molecule has 2 heterocycles. The minimum Gasteiger partial charge on any atom is -0.376 e. The average molecular weight is 391 g/mol. The first kappa shape index (κ1) is 19.2. The molecule has 0 saturated carbocycles. The molecule has 150 valence electrons. The molecule has 0 bridgehead atoms. The van der Waals surface area contributed by atoms with Gasteiger partial charge in [0.25, 0.3) is 11.8 Å². The van der Waals surface area contributed by atoms with Crippen molar-refractivity contribution in [2.75, 3.05) is 19.7 Å². The van der Waals surface area contributed by atoms with Gasteiger partial charge in [0.05, 0.1) is 12.7 Å². The fourth-order valence-electron chi connectivity index (χ4n) is 3.80. The Morgan fingerprint density at radius 2 is 1.72 bits per heavy atom. The highest BCUT2D eigenvalue weighted by Crippen LogP contribution is 2.20. The Bertz CT molecular complexity index is 1010. The van der Waals surface area contributed by atoms with Crippen molar-refractivity contribution in [3.63, 3.8) is 0 Å². The van der Waals surface area contributed by atoms with E-state index in [4.69, 9.17) is 4.74 Å². The number of nitrogens with zero attached hydrogens (tertiary/aromatic N) is 1. The molecule has 3 aromatic rings. The zero-order valence-corrected chi connectivity index (χ0v) is 16.4. The molecule has 6 nitrogen and oxygen atoms in total. The third-order valence-electron chi connectivity index (χ3n) is 5.43. The summed E-state index contributed by atoms with van der Waals surface area (Å²) in [4.78, 5) is 24.8. The summed E-state index contributed by atoms with van der Waals surface area (Å²) < 4.78 is 7.71. The van der Waals surface area contributed by atoms with Gasteiger partial charge in [-0.25, -0.2) is 0 Å². The van der Waals surface area contributed by atoms with E-state index in [0.717, 1.165) is 17.3 Å². The number of hydrogen-bond acceptors (Lipinski definition) is 3. The molecule has 1 aromatic heterocycles. The molecule has 1 aliphatic heterocycles. The molecule has 0 radical (unpaired) electrons. The summed E-state index contributed by atoms with van der Waals surface area (Å²) in [5, 5.41) is 6.99. The second kappa shape index (κ2) is 8.49. The van der Waals surface area contributed by atoms with Gasteiger partial charge in [0.2, 0.25) is 0 Å². The Morgan fingerprint density at radius 1 is 1.00 bits per heavy atom. The summed E-state index contributed by atoms with van der Waals surface area (Å²) in [5.74, 6) is 0.0773. The van der Waals surface area contributed by atoms with E-state index in [-0.39, 0.29) is 23.8 Å². The van der Waals surface area contributed by atoms with Crippen LogP contribution in [-0.2, 0) is 11.8 Å². The summed E-state index contributed by atoms with van der Waals surface area (Å²) in [6.45, 7) is 1.62. The third kappa shape index (κ3) is 4.32. The van der Waals surface area contributed by atoms with Crippen LogP contribution in [0.3, 0.4) is 0 Å². The lowest BCUT2D eigenvalue weighted by atomic mass is 10.1. The van der Waals surface area contributed by atoms with Crippen molar-refractivity contribution >= 4 is 22.7 Å². The van der Waals surface area contributed by atoms with Crippen LogP contribution in [0.25, 0.3) is 10.9 Å². The van der Waals surface area contributed by atoms with Crippen molar-refractivity contribution < 1.29 is 14.3 Å². The lowest BCUT2D eigenvalue weighted by Crippen LogP contribution is -2.33. The maximum absolute atomic E-state index is 12.6. The molecule has 2 atom stereocenters. The number of fused-ring (bicyclic) bond motifs is 1. The molecular weight excluding hydrogens is 366 g/mol.